The van der Waals surface area contributed by atoms with Gasteiger partial charge in [-0.05, 0) is 33.0 Å². The topological polar surface area (TPSA) is 67.4 Å². The minimum atomic E-state index is -0.439. The molecule has 1 atom stereocenters. The van der Waals surface area contributed by atoms with Crippen LogP contribution >= 0.6 is 0 Å². The largest absolute Gasteiger partial charge is 0.462 e. The minimum Gasteiger partial charge on any atom is -0.462 e. The number of benzene rings is 1. The van der Waals surface area contributed by atoms with Crippen molar-refractivity contribution in [2.75, 3.05) is 19.0 Å². The summed E-state index contributed by atoms with van der Waals surface area (Å²) in [5, 5.41) is 5.53. The Morgan fingerprint density at radius 2 is 2.00 bits per heavy atom. The predicted molar refractivity (Wildman–Crippen MR) is 69.5 cm³/mol. The molecule has 0 fully saturated rings. The lowest BCUT2D eigenvalue weighted by Gasteiger charge is -2.13. The van der Waals surface area contributed by atoms with Gasteiger partial charge in [0.1, 0.15) is 0 Å². The van der Waals surface area contributed by atoms with Crippen molar-refractivity contribution >= 4 is 17.6 Å². The van der Waals surface area contributed by atoms with E-state index in [4.69, 9.17) is 4.74 Å². The molecule has 0 bridgehead atoms. The lowest BCUT2D eigenvalue weighted by molar-refractivity contribution is -0.117. The van der Waals surface area contributed by atoms with Crippen molar-refractivity contribution in [3.8, 4) is 0 Å². The van der Waals surface area contributed by atoms with E-state index in [0.717, 1.165) is 0 Å². The number of nitrogens with one attached hydrogen (secondary N) is 2. The highest BCUT2D eigenvalue weighted by atomic mass is 16.5. The van der Waals surface area contributed by atoms with E-state index < -0.39 is 5.97 Å². The van der Waals surface area contributed by atoms with Crippen LogP contribution in [0.4, 0.5) is 5.69 Å². The summed E-state index contributed by atoms with van der Waals surface area (Å²) in [5.74, 6) is -0.639. The van der Waals surface area contributed by atoms with Gasteiger partial charge in [0.2, 0.25) is 5.91 Å². The average Bonchev–Trinajstić information content (AvgIpc) is 2.38. The molecular weight excluding hydrogens is 232 g/mol. The zero-order valence-corrected chi connectivity index (χ0v) is 10.8. The molecule has 0 spiro atoms. The van der Waals surface area contributed by atoms with E-state index in [0.29, 0.717) is 17.9 Å². The lowest BCUT2D eigenvalue weighted by atomic mass is 10.1. The lowest BCUT2D eigenvalue weighted by Crippen LogP contribution is -2.35. The Labute approximate surface area is 107 Å². The number of para-hydroxylation sites is 1. The van der Waals surface area contributed by atoms with Gasteiger partial charge >= 0.3 is 5.97 Å². The number of amides is 1. The van der Waals surface area contributed by atoms with Crippen molar-refractivity contribution in [1.82, 2.24) is 5.32 Å². The van der Waals surface area contributed by atoms with Crippen molar-refractivity contribution in [2.45, 2.75) is 19.9 Å². The molecule has 0 radical (unpaired) electrons. The summed E-state index contributed by atoms with van der Waals surface area (Å²) in [7, 11) is 1.70. The van der Waals surface area contributed by atoms with Crippen LogP contribution in [-0.2, 0) is 9.53 Å². The average molecular weight is 250 g/mol. The molecule has 0 aliphatic heterocycles. The molecule has 1 amide bonds. The molecule has 1 aromatic carbocycles. The highest BCUT2D eigenvalue weighted by molar-refractivity contribution is 6.02. The number of esters is 1. The van der Waals surface area contributed by atoms with Gasteiger partial charge in [0.25, 0.3) is 0 Å². The van der Waals surface area contributed by atoms with Crippen molar-refractivity contribution in [2.24, 2.45) is 0 Å². The Kier molecular flexibility index (Phi) is 5.32. The Bertz CT molecular complexity index is 432. The maximum absolute atomic E-state index is 11.8. The van der Waals surface area contributed by atoms with Crippen LogP contribution in [0.5, 0.6) is 0 Å². The van der Waals surface area contributed by atoms with Crippen molar-refractivity contribution in [1.29, 1.82) is 0 Å². The smallest absolute Gasteiger partial charge is 0.340 e. The second kappa shape index (κ2) is 6.76. The molecule has 18 heavy (non-hydrogen) atoms. The fourth-order valence-electron chi connectivity index (χ4n) is 1.35. The number of anilines is 1. The van der Waals surface area contributed by atoms with E-state index in [1.165, 1.54) is 0 Å². The fourth-order valence-corrected chi connectivity index (χ4v) is 1.35. The normalized spacial score (nSPS) is 11.7. The van der Waals surface area contributed by atoms with E-state index in [-0.39, 0.29) is 11.9 Å². The first-order valence-corrected chi connectivity index (χ1v) is 5.84. The molecule has 0 aromatic heterocycles. The highest BCUT2D eigenvalue weighted by Crippen LogP contribution is 2.16. The summed E-state index contributed by atoms with van der Waals surface area (Å²) in [4.78, 5) is 23.4. The summed E-state index contributed by atoms with van der Waals surface area (Å²) in [6.07, 6.45) is 0. The van der Waals surface area contributed by atoms with Gasteiger partial charge in [-0.3, -0.25) is 4.79 Å². The number of carbonyl (C=O) groups is 2. The quantitative estimate of drug-likeness (QED) is 0.775. The Balaban J connectivity index is 2.89. The van der Waals surface area contributed by atoms with Crippen LogP contribution in [0.25, 0.3) is 0 Å². The Hall–Kier alpha value is -1.88. The van der Waals surface area contributed by atoms with Gasteiger partial charge < -0.3 is 15.4 Å². The number of ether oxygens (including phenoxy) is 1. The van der Waals surface area contributed by atoms with Crippen LogP contribution in [-0.4, -0.2) is 31.6 Å². The van der Waals surface area contributed by atoms with E-state index >= 15 is 0 Å². The van der Waals surface area contributed by atoms with Gasteiger partial charge in [-0.25, -0.2) is 4.79 Å². The van der Waals surface area contributed by atoms with Gasteiger partial charge in [-0.1, -0.05) is 12.1 Å². The second-order valence-corrected chi connectivity index (χ2v) is 3.77. The van der Waals surface area contributed by atoms with E-state index in [1.54, 1.807) is 45.2 Å². The van der Waals surface area contributed by atoms with Gasteiger partial charge in [0.15, 0.2) is 0 Å². The monoisotopic (exact) mass is 250 g/mol. The van der Waals surface area contributed by atoms with Crippen molar-refractivity contribution in [3.05, 3.63) is 29.8 Å². The first kappa shape index (κ1) is 14.2. The molecule has 5 nitrogen and oxygen atoms in total. The minimum absolute atomic E-state index is 0.200. The summed E-state index contributed by atoms with van der Waals surface area (Å²) in [5.41, 5.74) is 0.819. The predicted octanol–water partition coefficient (Wildman–Crippen LogP) is 1.41. The van der Waals surface area contributed by atoms with Crippen LogP contribution in [0, 0.1) is 0 Å². The van der Waals surface area contributed by atoms with Gasteiger partial charge in [-0.15, -0.1) is 0 Å². The SMILES string of the molecule is CCOC(=O)c1ccccc1NC(=O)C(C)NC. The third-order valence-electron chi connectivity index (χ3n) is 2.51. The molecule has 1 aromatic rings. The molecule has 0 saturated heterocycles. The zero-order chi connectivity index (χ0) is 13.5. The standard InChI is InChI=1S/C13H18N2O3/c1-4-18-13(17)10-7-5-6-8-11(10)15-12(16)9(2)14-3/h5-9,14H,4H2,1-3H3,(H,15,16). The molecule has 0 aliphatic rings. The number of hydrogen-bond acceptors (Lipinski definition) is 4. The molecule has 0 aliphatic carbocycles. The summed E-state index contributed by atoms with van der Waals surface area (Å²) < 4.78 is 4.93. The molecule has 0 heterocycles. The zero-order valence-electron chi connectivity index (χ0n) is 10.8. The fraction of sp³-hybridized carbons (Fsp3) is 0.385. The van der Waals surface area contributed by atoms with Crippen LogP contribution in [0.3, 0.4) is 0 Å². The first-order valence-electron chi connectivity index (χ1n) is 5.84. The maximum Gasteiger partial charge on any atom is 0.340 e. The molecule has 5 heteroatoms. The van der Waals surface area contributed by atoms with Gasteiger partial charge in [0, 0.05) is 0 Å². The van der Waals surface area contributed by atoms with Gasteiger partial charge in [0.05, 0.1) is 23.9 Å². The number of hydrogen-bond donors (Lipinski definition) is 2. The Morgan fingerprint density at radius 3 is 2.61 bits per heavy atom. The summed E-state index contributed by atoms with van der Waals surface area (Å²) >= 11 is 0. The van der Waals surface area contributed by atoms with Crippen molar-refractivity contribution in [3.63, 3.8) is 0 Å². The molecule has 0 saturated carbocycles. The van der Waals surface area contributed by atoms with E-state index in [1.807, 2.05) is 0 Å². The van der Waals surface area contributed by atoms with Crippen LogP contribution < -0.4 is 10.6 Å². The summed E-state index contributed by atoms with van der Waals surface area (Å²) in [6, 6.07) is 6.44. The van der Waals surface area contributed by atoms with Crippen molar-refractivity contribution < 1.29 is 14.3 Å². The molecule has 98 valence electrons. The second-order valence-electron chi connectivity index (χ2n) is 3.77. The van der Waals surface area contributed by atoms with E-state index in [9.17, 15) is 9.59 Å². The molecule has 2 N–H and O–H groups in total. The Morgan fingerprint density at radius 1 is 1.33 bits per heavy atom. The van der Waals surface area contributed by atoms with Crippen LogP contribution in [0.2, 0.25) is 0 Å². The van der Waals surface area contributed by atoms with Crippen LogP contribution in [0.15, 0.2) is 24.3 Å². The molecule has 1 unspecified atom stereocenters. The third kappa shape index (κ3) is 3.56. The maximum atomic E-state index is 11.8. The summed E-state index contributed by atoms with van der Waals surface area (Å²) in [6.45, 7) is 3.78. The van der Waals surface area contributed by atoms with Gasteiger partial charge in [-0.2, -0.15) is 0 Å². The molecule has 1 rings (SSSR count). The number of carbonyl (C=O) groups excluding carboxylic acids is 2. The highest BCUT2D eigenvalue weighted by Gasteiger charge is 2.16. The van der Waals surface area contributed by atoms with E-state index in [2.05, 4.69) is 10.6 Å². The molecular formula is C13H18N2O3. The number of rotatable bonds is 5. The van der Waals surface area contributed by atoms with Crippen LogP contribution in [0.1, 0.15) is 24.2 Å². The third-order valence-corrected chi connectivity index (χ3v) is 2.51. The first-order chi connectivity index (χ1) is 8.60. The number of likely N-dealkylation sites (N-methyl/N-ethyl adjacent to an activating group) is 1.